The van der Waals surface area contributed by atoms with Crippen LogP contribution in [0.3, 0.4) is 0 Å². The van der Waals surface area contributed by atoms with Crippen LogP contribution in [0.5, 0.6) is 0 Å². The first-order chi connectivity index (χ1) is 12.7. The van der Waals surface area contributed by atoms with Gasteiger partial charge in [-0.05, 0) is 55.4 Å². The first kappa shape index (κ1) is 18.2. The monoisotopic (exact) mass is 352 g/mol. The second kappa shape index (κ2) is 8.66. The highest BCUT2D eigenvalue weighted by Crippen LogP contribution is 2.35. The number of carbonyl (C=O) groups is 2. The molecule has 0 N–H and O–H groups in total. The third-order valence-corrected chi connectivity index (χ3v) is 5.35. The van der Waals surface area contributed by atoms with Crippen LogP contribution in [0.15, 0.2) is 30.3 Å². The summed E-state index contributed by atoms with van der Waals surface area (Å²) < 4.78 is 5.13. The molecule has 1 aromatic carbocycles. The summed E-state index contributed by atoms with van der Waals surface area (Å²) in [5.74, 6) is 0.00932. The molecule has 0 aromatic heterocycles. The molecule has 5 nitrogen and oxygen atoms in total. The fourth-order valence-electron chi connectivity index (χ4n) is 4.03. The molecule has 1 saturated heterocycles. The molecule has 1 saturated carbocycles. The Hall–Kier alpha value is -2.61. The van der Waals surface area contributed by atoms with Gasteiger partial charge in [-0.1, -0.05) is 25.0 Å². The average molecular weight is 352 g/mol. The highest BCUT2D eigenvalue weighted by Gasteiger charge is 2.35. The van der Waals surface area contributed by atoms with Crippen molar-refractivity contribution in [3.63, 3.8) is 0 Å². The Balaban J connectivity index is 1.49. The van der Waals surface area contributed by atoms with E-state index in [4.69, 9.17) is 10.00 Å². The van der Waals surface area contributed by atoms with Gasteiger partial charge in [0, 0.05) is 18.7 Å². The molecule has 1 aliphatic carbocycles. The predicted molar refractivity (Wildman–Crippen MR) is 97.8 cm³/mol. The fourth-order valence-corrected chi connectivity index (χ4v) is 4.03. The van der Waals surface area contributed by atoms with Crippen LogP contribution >= 0.6 is 0 Å². The molecule has 2 fully saturated rings. The van der Waals surface area contributed by atoms with Crippen LogP contribution in [0, 0.1) is 17.2 Å². The lowest BCUT2D eigenvalue weighted by atomic mass is 9.78. The van der Waals surface area contributed by atoms with Gasteiger partial charge < -0.3 is 9.64 Å². The number of benzene rings is 1. The Labute approximate surface area is 154 Å². The summed E-state index contributed by atoms with van der Waals surface area (Å²) in [4.78, 5) is 26.3. The van der Waals surface area contributed by atoms with Crippen LogP contribution in [-0.2, 0) is 14.3 Å². The summed E-state index contributed by atoms with van der Waals surface area (Å²) in [6.07, 6.45) is 9.90. The van der Waals surface area contributed by atoms with Gasteiger partial charge >= 0.3 is 5.97 Å². The molecule has 26 heavy (non-hydrogen) atoms. The molecule has 0 bridgehead atoms. The molecule has 0 unspecified atom stereocenters. The number of piperidine rings is 1. The summed E-state index contributed by atoms with van der Waals surface area (Å²) in [6.45, 7) is 0.582. The number of ether oxygens (including phenoxy) is 1. The lowest BCUT2D eigenvalue weighted by Crippen LogP contribution is -2.50. The molecule has 1 amide bonds. The van der Waals surface area contributed by atoms with Gasteiger partial charge in [-0.15, -0.1) is 0 Å². The Bertz CT molecular complexity index is 716. The zero-order valence-electron chi connectivity index (χ0n) is 14.9. The Morgan fingerprint density at radius 1 is 1.15 bits per heavy atom. The zero-order chi connectivity index (χ0) is 18.4. The number of nitriles is 1. The molecule has 1 aliphatic heterocycles. The molecular weight excluding hydrogens is 328 g/mol. The molecule has 1 heterocycles. The van der Waals surface area contributed by atoms with Crippen molar-refractivity contribution in [3.05, 3.63) is 41.5 Å². The molecule has 0 radical (unpaired) electrons. The molecule has 2 aliphatic rings. The summed E-state index contributed by atoms with van der Waals surface area (Å²) >= 11 is 0. The minimum absolute atomic E-state index is 0.0817. The smallest absolute Gasteiger partial charge is 0.331 e. The SMILES string of the molecule is N#Cc1ccc(/C=C/C(=O)OCC(=O)N2CCC[C@@H]3CCCC[C@H]32)cc1. The first-order valence-electron chi connectivity index (χ1n) is 9.32. The molecular formula is C21H24N2O3. The van der Waals surface area contributed by atoms with Crippen LogP contribution in [-0.4, -0.2) is 36.0 Å². The van der Waals surface area contributed by atoms with E-state index in [-0.39, 0.29) is 12.5 Å². The number of esters is 1. The van der Waals surface area contributed by atoms with Crippen LogP contribution in [0.25, 0.3) is 6.08 Å². The normalized spacial score (nSPS) is 22.5. The van der Waals surface area contributed by atoms with Crippen LogP contribution < -0.4 is 0 Å². The summed E-state index contributed by atoms with van der Waals surface area (Å²) in [6, 6.07) is 9.26. The lowest BCUT2D eigenvalue weighted by molar-refractivity contribution is -0.151. The van der Waals surface area contributed by atoms with E-state index in [1.54, 1.807) is 30.3 Å². The van der Waals surface area contributed by atoms with Gasteiger partial charge in [-0.2, -0.15) is 5.26 Å². The second-order valence-corrected chi connectivity index (χ2v) is 7.02. The molecule has 3 rings (SSSR count). The Morgan fingerprint density at radius 3 is 2.65 bits per heavy atom. The number of nitrogens with zero attached hydrogens (tertiary/aromatic N) is 2. The average Bonchev–Trinajstić information content (AvgIpc) is 2.70. The fraction of sp³-hybridized carbons (Fsp3) is 0.476. The van der Waals surface area contributed by atoms with Crippen molar-refractivity contribution in [2.75, 3.05) is 13.2 Å². The van der Waals surface area contributed by atoms with E-state index in [0.717, 1.165) is 24.9 Å². The highest BCUT2D eigenvalue weighted by atomic mass is 16.5. The quantitative estimate of drug-likeness (QED) is 0.616. The van der Waals surface area contributed by atoms with Gasteiger partial charge in [0.25, 0.3) is 5.91 Å². The van der Waals surface area contributed by atoms with Crippen molar-refractivity contribution in [1.82, 2.24) is 4.90 Å². The van der Waals surface area contributed by atoms with Crippen LogP contribution in [0.1, 0.15) is 49.7 Å². The van der Waals surface area contributed by atoms with Gasteiger partial charge in [0.2, 0.25) is 0 Å². The topological polar surface area (TPSA) is 70.4 Å². The largest absolute Gasteiger partial charge is 0.452 e. The van der Waals surface area contributed by atoms with Crippen molar-refractivity contribution in [2.24, 2.45) is 5.92 Å². The van der Waals surface area contributed by atoms with Crippen molar-refractivity contribution in [2.45, 2.75) is 44.6 Å². The van der Waals surface area contributed by atoms with E-state index in [9.17, 15) is 9.59 Å². The first-order valence-corrected chi connectivity index (χ1v) is 9.32. The zero-order valence-corrected chi connectivity index (χ0v) is 14.9. The second-order valence-electron chi connectivity index (χ2n) is 7.02. The highest BCUT2D eigenvalue weighted by molar-refractivity contribution is 5.89. The number of amides is 1. The maximum absolute atomic E-state index is 12.5. The van der Waals surface area contributed by atoms with E-state index in [0.29, 0.717) is 17.5 Å². The van der Waals surface area contributed by atoms with Crippen molar-refractivity contribution in [3.8, 4) is 6.07 Å². The van der Waals surface area contributed by atoms with Crippen molar-refractivity contribution < 1.29 is 14.3 Å². The number of hydrogen-bond acceptors (Lipinski definition) is 4. The molecule has 2 atom stereocenters. The Morgan fingerprint density at radius 2 is 1.88 bits per heavy atom. The van der Waals surface area contributed by atoms with Crippen molar-refractivity contribution in [1.29, 1.82) is 5.26 Å². The van der Waals surface area contributed by atoms with E-state index in [1.165, 1.54) is 31.8 Å². The van der Waals surface area contributed by atoms with Crippen LogP contribution in [0.2, 0.25) is 0 Å². The van der Waals surface area contributed by atoms with Gasteiger partial charge in [0.05, 0.1) is 11.6 Å². The maximum atomic E-state index is 12.5. The standard InChI is InChI=1S/C21H24N2O3/c22-14-17-9-7-16(8-10-17)11-12-21(25)26-15-20(24)23-13-3-5-18-4-1-2-6-19(18)23/h7-12,18-19H,1-6,13,15H2/b12-11+/t18-,19+/m0/s1. The number of hydrogen-bond donors (Lipinski definition) is 0. The summed E-state index contributed by atoms with van der Waals surface area (Å²) in [7, 11) is 0. The number of fused-ring (bicyclic) bond motifs is 1. The van der Waals surface area contributed by atoms with Gasteiger partial charge in [-0.3, -0.25) is 4.79 Å². The minimum Gasteiger partial charge on any atom is -0.452 e. The Kier molecular flexibility index (Phi) is 6.06. The van der Waals surface area contributed by atoms with Crippen LogP contribution in [0.4, 0.5) is 0 Å². The van der Waals surface area contributed by atoms with Crippen molar-refractivity contribution >= 4 is 18.0 Å². The third kappa shape index (κ3) is 4.51. The number of likely N-dealkylation sites (tertiary alicyclic amines) is 1. The van der Waals surface area contributed by atoms with Gasteiger partial charge in [0.1, 0.15) is 0 Å². The molecule has 0 spiro atoms. The third-order valence-electron chi connectivity index (χ3n) is 5.35. The minimum atomic E-state index is -0.528. The van der Waals surface area contributed by atoms with Gasteiger partial charge in [-0.25, -0.2) is 4.79 Å². The lowest BCUT2D eigenvalue weighted by Gasteiger charge is -2.44. The predicted octanol–water partition coefficient (Wildman–Crippen LogP) is 3.30. The van der Waals surface area contributed by atoms with E-state index >= 15 is 0 Å². The summed E-state index contributed by atoms with van der Waals surface area (Å²) in [5.41, 5.74) is 1.37. The van der Waals surface area contributed by atoms with E-state index in [1.807, 2.05) is 11.0 Å². The summed E-state index contributed by atoms with van der Waals surface area (Å²) in [5, 5.41) is 8.77. The van der Waals surface area contributed by atoms with E-state index in [2.05, 4.69) is 0 Å². The van der Waals surface area contributed by atoms with E-state index < -0.39 is 5.97 Å². The molecule has 1 aromatic rings. The molecule has 136 valence electrons. The maximum Gasteiger partial charge on any atom is 0.331 e. The number of carbonyl (C=O) groups excluding carboxylic acids is 2. The number of rotatable bonds is 4. The van der Waals surface area contributed by atoms with Gasteiger partial charge in [0.15, 0.2) is 6.61 Å². The molecule has 5 heteroatoms.